The van der Waals surface area contributed by atoms with Crippen LogP contribution in [-0.2, 0) is 14.3 Å². The SMILES string of the molecule is CCOC(=O)C1=C(C)NC2=C(C(=O)C[C@@H](c3ccc(F)cc3)C2)[C@@H]1c1ccc([N+](=O)[O-])cc1. The number of hydrogen-bond donors (Lipinski definition) is 1. The fraction of sp³-hybridized carbons (Fsp3) is 0.280. The second-order valence-corrected chi connectivity index (χ2v) is 8.14. The molecular weight excluding hydrogens is 427 g/mol. The minimum atomic E-state index is -0.692. The predicted octanol–water partition coefficient (Wildman–Crippen LogP) is 4.66. The van der Waals surface area contributed by atoms with Crippen molar-refractivity contribution in [2.45, 2.75) is 38.5 Å². The highest BCUT2D eigenvalue weighted by atomic mass is 19.1. The summed E-state index contributed by atoms with van der Waals surface area (Å²) in [7, 11) is 0. The molecule has 2 atom stereocenters. The van der Waals surface area contributed by atoms with E-state index in [1.54, 1.807) is 38.1 Å². The third-order valence-electron chi connectivity index (χ3n) is 6.10. The van der Waals surface area contributed by atoms with Gasteiger partial charge in [-0.1, -0.05) is 24.3 Å². The smallest absolute Gasteiger partial charge is 0.336 e. The summed E-state index contributed by atoms with van der Waals surface area (Å²) in [6.45, 7) is 3.63. The average molecular weight is 450 g/mol. The molecule has 8 heteroatoms. The summed E-state index contributed by atoms with van der Waals surface area (Å²) in [6, 6.07) is 12.0. The summed E-state index contributed by atoms with van der Waals surface area (Å²) in [5.74, 6) is -1.82. The summed E-state index contributed by atoms with van der Waals surface area (Å²) in [5, 5.41) is 14.3. The largest absolute Gasteiger partial charge is 0.463 e. The van der Waals surface area contributed by atoms with Gasteiger partial charge in [-0.25, -0.2) is 9.18 Å². The number of halogens is 1. The average Bonchev–Trinajstić information content (AvgIpc) is 2.78. The number of non-ortho nitro benzene ring substituents is 1. The number of carbonyl (C=O) groups is 2. The number of rotatable bonds is 5. The van der Waals surface area contributed by atoms with Crippen LogP contribution in [0.15, 0.2) is 71.1 Å². The molecule has 33 heavy (non-hydrogen) atoms. The number of Topliss-reactive ketones (excluding diaryl/α,β-unsaturated/α-hetero) is 1. The molecule has 0 radical (unpaired) electrons. The first-order chi connectivity index (χ1) is 15.8. The molecule has 0 saturated carbocycles. The highest BCUT2D eigenvalue weighted by Gasteiger charge is 2.41. The van der Waals surface area contributed by atoms with E-state index in [2.05, 4.69) is 5.32 Å². The van der Waals surface area contributed by atoms with Crippen LogP contribution in [0.4, 0.5) is 10.1 Å². The van der Waals surface area contributed by atoms with Crippen LogP contribution in [0, 0.1) is 15.9 Å². The maximum Gasteiger partial charge on any atom is 0.336 e. The van der Waals surface area contributed by atoms with E-state index in [0.717, 1.165) is 5.56 Å². The molecule has 0 unspecified atom stereocenters. The van der Waals surface area contributed by atoms with E-state index >= 15 is 0 Å². The van der Waals surface area contributed by atoms with E-state index < -0.39 is 16.8 Å². The molecule has 2 aromatic rings. The van der Waals surface area contributed by atoms with Crippen molar-refractivity contribution in [1.29, 1.82) is 0 Å². The molecule has 170 valence electrons. The lowest BCUT2D eigenvalue weighted by Gasteiger charge is -2.36. The standard InChI is InChI=1S/C25H23FN2O5/c1-3-33-25(30)22-14(2)27-20-12-17(15-4-8-18(26)9-5-15)13-21(29)24(20)23(22)16-6-10-19(11-7-16)28(31)32/h4-11,17,23,27H,3,12-13H2,1-2H3/t17-,23+/m0/s1. The Morgan fingerprint density at radius 2 is 1.76 bits per heavy atom. The zero-order valence-corrected chi connectivity index (χ0v) is 18.3. The first kappa shape index (κ1) is 22.4. The van der Waals surface area contributed by atoms with Gasteiger partial charge in [0.1, 0.15) is 5.82 Å². The highest BCUT2D eigenvalue weighted by Crippen LogP contribution is 2.45. The molecule has 1 heterocycles. The lowest BCUT2D eigenvalue weighted by Crippen LogP contribution is -2.36. The molecule has 0 bridgehead atoms. The molecule has 0 spiro atoms. The molecule has 2 aromatic carbocycles. The zero-order valence-electron chi connectivity index (χ0n) is 18.3. The Bertz CT molecular complexity index is 1180. The van der Waals surface area contributed by atoms with Gasteiger partial charge in [0, 0.05) is 41.4 Å². The van der Waals surface area contributed by atoms with Crippen molar-refractivity contribution >= 4 is 17.4 Å². The van der Waals surface area contributed by atoms with Gasteiger partial charge in [-0.15, -0.1) is 0 Å². The van der Waals surface area contributed by atoms with E-state index in [1.807, 2.05) is 0 Å². The summed E-state index contributed by atoms with van der Waals surface area (Å²) in [4.78, 5) is 36.9. The Hall–Kier alpha value is -3.81. The summed E-state index contributed by atoms with van der Waals surface area (Å²) < 4.78 is 18.6. The quantitative estimate of drug-likeness (QED) is 0.404. The van der Waals surface area contributed by atoms with Gasteiger partial charge in [-0.05, 0) is 49.4 Å². The number of nitrogens with zero attached hydrogens (tertiary/aromatic N) is 1. The number of nitro groups is 1. The van der Waals surface area contributed by atoms with Crippen LogP contribution >= 0.6 is 0 Å². The molecule has 7 nitrogen and oxygen atoms in total. The Labute approximate surface area is 190 Å². The maximum absolute atomic E-state index is 13.4. The van der Waals surface area contributed by atoms with Crippen LogP contribution in [0.5, 0.6) is 0 Å². The predicted molar refractivity (Wildman–Crippen MR) is 119 cm³/mol. The number of nitro benzene ring substituents is 1. The summed E-state index contributed by atoms with van der Waals surface area (Å²) in [5.41, 5.74) is 3.45. The Kier molecular flexibility index (Phi) is 6.09. The third kappa shape index (κ3) is 4.28. The lowest BCUT2D eigenvalue weighted by atomic mass is 9.71. The monoisotopic (exact) mass is 450 g/mol. The fourth-order valence-electron chi connectivity index (χ4n) is 4.61. The van der Waals surface area contributed by atoms with Gasteiger partial charge in [0.05, 0.1) is 17.1 Å². The van der Waals surface area contributed by atoms with Gasteiger partial charge >= 0.3 is 5.97 Å². The molecule has 0 aromatic heterocycles. The van der Waals surface area contributed by atoms with Gasteiger partial charge < -0.3 is 10.1 Å². The van der Waals surface area contributed by atoms with Gasteiger partial charge in [-0.3, -0.25) is 14.9 Å². The minimum Gasteiger partial charge on any atom is -0.463 e. The van der Waals surface area contributed by atoms with Crippen LogP contribution in [-0.4, -0.2) is 23.3 Å². The zero-order chi connectivity index (χ0) is 23.7. The molecule has 1 aliphatic heterocycles. The van der Waals surface area contributed by atoms with Crippen LogP contribution in [0.2, 0.25) is 0 Å². The van der Waals surface area contributed by atoms with E-state index in [0.29, 0.717) is 34.5 Å². The summed E-state index contributed by atoms with van der Waals surface area (Å²) >= 11 is 0. The topological polar surface area (TPSA) is 98.5 Å². The highest BCUT2D eigenvalue weighted by molar-refractivity contribution is 6.04. The fourth-order valence-corrected chi connectivity index (χ4v) is 4.61. The number of nitrogens with one attached hydrogen (secondary N) is 1. The second kappa shape index (κ2) is 8.97. The van der Waals surface area contributed by atoms with Crippen LogP contribution < -0.4 is 5.32 Å². The lowest BCUT2D eigenvalue weighted by molar-refractivity contribution is -0.384. The molecule has 1 aliphatic carbocycles. The van der Waals surface area contributed by atoms with Crippen molar-refractivity contribution in [3.63, 3.8) is 0 Å². The number of carbonyl (C=O) groups excluding carboxylic acids is 2. The minimum absolute atomic E-state index is 0.0772. The molecule has 0 amide bonds. The summed E-state index contributed by atoms with van der Waals surface area (Å²) in [6.07, 6.45) is 0.731. The van der Waals surface area contributed by atoms with E-state index in [1.165, 1.54) is 24.3 Å². The number of hydrogen-bond acceptors (Lipinski definition) is 6. The molecule has 0 saturated heterocycles. The maximum atomic E-state index is 13.4. The van der Waals surface area contributed by atoms with Crippen molar-refractivity contribution in [3.05, 3.63) is 98.1 Å². The number of esters is 1. The van der Waals surface area contributed by atoms with Gasteiger partial charge in [0.15, 0.2) is 5.78 Å². The number of dihydropyridines is 1. The van der Waals surface area contributed by atoms with E-state index in [4.69, 9.17) is 4.74 Å². The number of ether oxygens (including phenoxy) is 1. The van der Waals surface area contributed by atoms with Gasteiger partial charge in [0.2, 0.25) is 0 Å². The molecule has 0 fully saturated rings. The first-order valence-electron chi connectivity index (χ1n) is 10.7. The van der Waals surface area contributed by atoms with Crippen LogP contribution in [0.3, 0.4) is 0 Å². The Balaban J connectivity index is 1.79. The van der Waals surface area contributed by atoms with Crippen molar-refractivity contribution in [1.82, 2.24) is 5.32 Å². The third-order valence-corrected chi connectivity index (χ3v) is 6.10. The van der Waals surface area contributed by atoms with Crippen molar-refractivity contribution in [2.75, 3.05) is 6.61 Å². The first-order valence-corrected chi connectivity index (χ1v) is 10.7. The molecule has 1 N–H and O–H groups in total. The van der Waals surface area contributed by atoms with Gasteiger partial charge in [-0.2, -0.15) is 0 Å². The molecule has 4 rings (SSSR count). The second-order valence-electron chi connectivity index (χ2n) is 8.14. The number of allylic oxidation sites excluding steroid dienone is 3. The van der Waals surface area contributed by atoms with Crippen molar-refractivity contribution in [3.8, 4) is 0 Å². The number of benzene rings is 2. The van der Waals surface area contributed by atoms with Crippen LogP contribution in [0.25, 0.3) is 0 Å². The number of ketones is 1. The van der Waals surface area contributed by atoms with E-state index in [-0.39, 0.29) is 36.2 Å². The Morgan fingerprint density at radius 3 is 2.36 bits per heavy atom. The van der Waals surface area contributed by atoms with Crippen LogP contribution in [0.1, 0.15) is 49.7 Å². The molecule has 2 aliphatic rings. The normalized spacial score (nSPS) is 20.3. The van der Waals surface area contributed by atoms with E-state index in [9.17, 15) is 24.1 Å². The van der Waals surface area contributed by atoms with Crippen molar-refractivity contribution in [2.24, 2.45) is 0 Å². The Morgan fingerprint density at radius 1 is 1.12 bits per heavy atom. The van der Waals surface area contributed by atoms with Gasteiger partial charge in [0.25, 0.3) is 5.69 Å². The van der Waals surface area contributed by atoms with Crippen molar-refractivity contribution < 1.29 is 23.6 Å². The molecular formula is C25H23FN2O5.